The summed E-state index contributed by atoms with van der Waals surface area (Å²) in [6, 6.07) is 6.13. The standard InChI is InChI=1S/C21H32N4O3/c1-4-13-28-18-14-16(3)9-10-17(18)15-24-21(22-5-2)23-11-12-25-19(26)7-6-8-20(25)27/h9-10,14H,4-8,11-13,15H2,1-3H3,(H2,22,23,24). The summed E-state index contributed by atoms with van der Waals surface area (Å²) < 4.78 is 5.85. The second kappa shape index (κ2) is 11.3. The van der Waals surface area contributed by atoms with Gasteiger partial charge in [-0.15, -0.1) is 0 Å². The minimum Gasteiger partial charge on any atom is -0.493 e. The van der Waals surface area contributed by atoms with Gasteiger partial charge in [-0.25, -0.2) is 4.99 Å². The summed E-state index contributed by atoms with van der Waals surface area (Å²) in [4.78, 5) is 29.7. The van der Waals surface area contributed by atoms with Crippen molar-refractivity contribution in [1.82, 2.24) is 15.5 Å². The van der Waals surface area contributed by atoms with E-state index in [9.17, 15) is 9.59 Å². The van der Waals surface area contributed by atoms with Crippen LogP contribution in [0.4, 0.5) is 0 Å². The number of hydrogen-bond acceptors (Lipinski definition) is 4. The van der Waals surface area contributed by atoms with Gasteiger partial charge < -0.3 is 15.4 Å². The third kappa shape index (κ3) is 6.55. The zero-order chi connectivity index (χ0) is 20.4. The highest BCUT2D eigenvalue weighted by atomic mass is 16.5. The van der Waals surface area contributed by atoms with E-state index in [-0.39, 0.29) is 11.8 Å². The Hall–Kier alpha value is -2.57. The van der Waals surface area contributed by atoms with Gasteiger partial charge >= 0.3 is 0 Å². The molecule has 1 saturated heterocycles. The minimum atomic E-state index is -0.0858. The lowest BCUT2D eigenvalue weighted by atomic mass is 10.1. The molecule has 7 heteroatoms. The molecule has 1 aromatic rings. The van der Waals surface area contributed by atoms with E-state index in [2.05, 4.69) is 28.6 Å². The van der Waals surface area contributed by atoms with E-state index in [4.69, 9.17) is 4.74 Å². The maximum Gasteiger partial charge on any atom is 0.229 e. The second-order valence-corrected chi connectivity index (χ2v) is 6.87. The zero-order valence-corrected chi connectivity index (χ0v) is 17.2. The van der Waals surface area contributed by atoms with Gasteiger partial charge in [0.2, 0.25) is 11.8 Å². The second-order valence-electron chi connectivity index (χ2n) is 6.87. The Morgan fingerprint density at radius 3 is 2.61 bits per heavy atom. The molecule has 1 aliphatic heterocycles. The topological polar surface area (TPSA) is 83.0 Å². The van der Waals surface area contributed by atoms with Crippen LogP contribution in [-0.4, -0.2) is 48.9 Å². The van der Waals surface area contributed by atoms with E-state index in [0.29, 0.717) is 51.5 Å². The lowest BCUT2D eigenvalue weighted by Gasteiger charge is -2.25. The Bertz CT molecular complexity index is 687. The number of carbonyl (C=O) groups is 2. The van der Waals surface area contributed by atoms with E-state index in [1.807, 2.05) is 26.0 Å². The first kappa shape index (κ1) is 21.7. The number of amides is 2. The van der Waals surface area contributed by atoms with Crippen molar-refractivity contribution in [3.63, 3.8) is 0 Å². The number of likely N-dealkylation sites (tertiary alicyclic amines) is 1. The van der Waals surface area contributed by atoms with Crippen LogP contribution in [0.3, 0.4) is 0 Å². The summed E-state index contributed by atoms with van der Waals surface area (Å²) in [5.74, 6) is 1.35. The van der Waals surface area contributed by atoms with Crippen molar-refractivity contribution in [2.45, 2.75) is 53.0 Å². The fourth-order valence-corrected chi connectivity index (χ4v) is 2.98. The Morgan fingerprint density at radius 1 is 1.18 bits per heavy atom. The third-order valence-electron chi connectivity index (χ3n) is 4.45. The molecule has 0 radical (unpaired) electrons. The van der Waals surface area contributed by atoms with Gasteiger partial charge in [-0.05, 0) is 38.3 Å². The van der Waals surface area contributed by atoms with Gasteiger partial charge in [-0.1, -0.05) is 19.1 Å². The lowest BCUT2D eigenvalue weighted by Crippen LogP contribution is -2.46. The molecule has 0 saturated carbocycles. The predicted octanol–water partition coefficient (Wildman–Crippen LogP) is 2.38. The summed E-state index contributed by atoms with van der Waals surface area (Å²) in [7, 11) is 0. The number of benzene rings is 1. The Kier molecular flexibility index (Phi) is 8.78. The molecule has 1 fully saturated rings. The van der Waals surface area contributed by atoms with E-state index >= 15 is 0 Å². The Balaban J connectivity index is 1.96. The lowest BCUT2D eigenvalue weighted by molar-refractivity contribution is -0.147. The number of guanidine groups is 1. The molecule has 0 bridgehead atoms. The molecule has 1 heterocycles. The number of nitrogens with one attached hydrogen (secondary N) is 2. The van der Waals surface area contributed by atoms with Crippen molar-refractivity contribution in [3.05, 3.63) is 29.3 Å². The van der Waals surface area contributed by atoms with Crippen LogP contribution in [0.1, 0.15) is 50.7 Å². The fourth-order valence-electron chi connectivity index (χ4n) is 2.98. The molecule has 2 rings (SSSR count). The van der Waals surface area contributed by atoms with Crippen LogP contribution < -0.4 is 15.4 Å². The van der Waals surface area contributed by atoms with Gasteiger partial charge in [0.05, 0.1) is 13.2 Å². The first-order valence-corrected chi connectivity index (χ1v) is 10.1. The highest BCUT2D eigenvalue weighted by Gasteiger charge is 2.25. The largest absolute Gasteiger partial charge is 0.493 e. The quantitative estimate of drug-likeness (QED) is 0.386. The van der Waals surface area contributed by atoms with Gasteiger partial charge in [0, 0.05) is 38.0 Å². The number of aliphatic imine (C=N–C) groups is 1. The van der Waals surface area contributed by atoms with Gasteiger partial charge in [0.15, 0.2) is 5.96 Å². The molecular weight excluding hydrogens is 356 g/mol. The average Bonchev–Trinajstić information content (AvgIpc) is 2.67. The highest BCUT2D eigenvalue weighted by molar-refractivity contribution is 5.97. The van der Waals surface area contributed by atoms with Crippen LogP contribution in [0.5, 0.6) is 5.75 Å². The maximum atomic E-state index is 11.9. The van der Waals surface area contributed by atoms with E-state index in [1.54, 1.807) is 0 Å². The van der Waals surface area contributed by atoms with Crippen LogP contribution in [-0.2, 0) is 16.1 Å². The number of piperidine rings is 1. The SMILES string of the molecule is CCCOc1cc(C)ccc1CN=C(NCC)NCCN1C(=O)CCCC1=O. The number of hydrogen-bond donors (Lipinski definition) is 2. The van der Waals surface area contributed by atoms with Crippen molar-refractivity contribution in [1.29, 1.82) is 0 Å². The van der Waals surface area contributed by atoms with Crippen molar-refractivity contribution in [2.24, 2.45) is 4.99 Å². The van der Waals surface area contributed by atoms with Crippen molar-refractivity contribution in [2.75, 3.05) is 26.2 Å². The van der Waals surface area contributed by atoms with E-state index in [1.165, 1.54) is 4.90 Å². The monoisotopic (exact) mass is 388 g/mol. The van der Waals surface area contributed by atoms with Crippen LogP contribution in [0.2, 0.25) is 0 Å². The molecule has 0 unspecified atom stereocenters. The van der Waals surface area contributed by atoms with Crippen LogP contribution in [0, 0.1) is 6.92 Å². The normalized spacial score (nSPS) is 15.0. The number of rotatable bonds is 9. The molecule has 2 N–H and O–H groups in total. The predicted molar refractivity (Wildman–Crippen MR) is 110 cm³/mol. The molecule has 0 aliphatic carbocycles. The summed E-state index contributed by atoms with van der Waals surface area (Å²) >= 11 is 0. The fraction of sp³-hybridized carbons (Fsp3) is 0.571. The molecule has 2 amide bonds. The molecule has 1 aliphatic rings. The first-order valence-electron chi connectivity index (χ1n) is 10.1. The smallest absolute Gasteiger partial charge is 0.229 e. The molecule has 0 aromatic heterocycles. The van der Waals surface area contributed by atoms with Crippen LogP contribution >= 0.6 is 0 Å². The van der Waals surface area contributed by atoms with E-state index < -0.39 is 0 Å². The van der Waals surface area contributed by atoms with Crippen molar-refractivity contribution >= 4 is 17.8 Å². The maximum absolute atomic E-state index is 11.9. The van der Waals surface area contributed by atoms with Crippen LogP contribution in [0.25, 0.3) is 0 Å². The summed E-state index contributed by atoms with van der Waals surface area (Å²) in [6.07, 6.45) is 2.52. The molecule has 0 spiro atoms. The van der Waals surface area contributed by atoms with Crippen molar-refractivity contribution in [3.8, 4) is 5.75 Å². The van der Waals surface area contributed by atoms with Gasteiger partial charge in [-0.2, -0.15) is 0 Å². The van der Waals surface area contributed by atoms with Gasteiger partial charge in [0.25, 0.3) is 0 Å². The number of ether oxygens (including phenoxy) is 1. The molecule has 154 valence electrons. The first-order chi connectivity index (χ1) is 13.5. The number of carbonyl (C=O) groups excluding carboxylic acids is 2. The number of imide groups is 1. The molecule has 1 aromatic carbocycles. The Morgan fingerprint density at radius 2 is 1.93 bits per heavy atom. The van der Waals surface area contributed by atoms with Gasteiger partial charge in [0.1, 0.15) is 5.75 Å². The number of aryl methyl sites for hydroxylation is 1. The van der Waals surface area contributed by atoms with E-state index in [0.717, 1.165) is 29.8 Å². The van der Waals surface area contributed by atoms with Gasteiger partial charge in [-0.3, -0.25) is 14.5 Å². The van der Waals surface area contributed by atoms with Crippen LogP contribution in [0.15, 0.2) is 23.2 Å². The summed E-state index contributed by atoms with van der Waals surface area (Å²) in [6.45, 7) is 8.83. The third-order valence-corrected chi connectivity index (χ3v) is 4.45. The molecule has 28 heavy (non-hydrogen) atoms. The molecule has 0 atom stereocenters. The Labute approximate surface area is 167 Å². The average molecular weight is 389 g/mol. The van der Waals surface area contributed by atoms with Crippen molar-refractivity contribution < 1.29 is 14.3 Å². The zero-order valence-electron chi connectivity index (χ0n) is 17.2. The molecule has 7 nitrogen and oxygen atoms in total. The highest BCUT2D eigenvalue weighted by Crippen LogP contribution is 2.21. The number of nitrogens with zero attached hydrogens (tertiary/aromatic N) is 2. The minimum absolute atomic E-state index is 0.0858. The summed E-state index contributed by atoms with van der Waals surface area (Å²) in [5.41, 5.74) is 2.18. The summed E-state index contributed by atoms with van der Waals surface area (Å²) in [5, 5.41) is 6.40. The molecular formula is C21H32N4O3.